The van der Waals surface area contributed by atoms with Crippen molar-refractivity contribution in [3.63, 3.8) is 0 Å². The smallest absolute Gasteiger partial charge is 0.344 e. The monoisotopic (exact) mass is 322 g/mol. The number of carbonyl (C=O) groups is 1. The van der Waals surface area contributed by atoms with Gasteiger partial charge in [0.05, 0.1) is 10.6 Å². The molecule has 0 radical (unpaired) electrons. The Morgan fingerprint density at radius 3 is 2.68 bits per heavy atom. The van der Waals surface area contributed by atoms with Crippen molar-refractivity contribution in [2.45, 2.75) is 52.6 Å². The highest BCUT2D eigenvalue weighted by atomic mass is 35.5. The molecule has 0 saturated carbocycles. The minimum absolute atomic E-state index is 0.165. The number of rotatable bonds is 5. The highest BCUT2D eigenvalue weighted by Gasteiger charge is 2.17. The van der Waals surface area contributed by atoms with Crippen molar-refractivity contribution in [1.29, 1.82) is 0 Å². The van der Waals surface area contributed by atoms with Crippen molar-refractivity contribution in [3.8, 4) is 17.6 Å². The maximum absolute atomic E-state index is 11.7. The lowest BCUT2D eigenvalue weighted by molar-refractivity contribution is -0.157. The molecule has 0 aliphatic heterocycles. The number of halogens is 1. The van der Waals surface area contributed by atoms with Crippen LogP contribution in [0.5, 0.6) is 5.75 Å². The molecule has 1 aromatic carbocycles. The Labute approximate surface area is 138 Å². The summed E-state index contributed by atoms with van der Waals surface area (Å²) in [6.07, 6.45) is 2.96. The van der Waals surface area contributed by atoms with Gasteiger partial charge in [-0.05, 0) is 39.3 Å². The summed E-state index contributed by atoms with van der Waals surface area (Å²) >= 11 is 6.17. The van der Waals surface area contributed by atoms with Gasteiger partial charge in [0, 0.05) is 6.42 Å². The predicted molar refractivity (Wildman–Crippen MR) is 89.2 cm³/mol. The van der Waals surface area contributed by atoms with E-state index in [0.717, 1.165) is 19.3 Å². The fourth-order valence-electron chi connectivity index (χ4n) is 1.67. The first-order valence-corrected chi connectivity index (χ1v) is 7.83. The molecule has 0 unspecified atom stereocenters. The van der Waals surface area contributed by atoms with Crippen LogP contribution in [0.1, 0.15) is 52.5 Å². The zero-order valence-corrected chi connectivity index (χ0v) is 14.4. The Bertz CT molecular complexity index is 562. The lowest BCUT2D eigenvalue weighted by atomic mass is 10.2. The van der Waals surface area contributed by atoms with Crippen molar-refractivity contribution in [2.24, 2.45) is 0 Å². The van der Waals surface area contributed by atoms with E-state index in [1.165, 1.54) is 0 Å². The van der Waals surface area contributed by atoms with Crippen LogP contribution in [0.3, 0.4) is 0 Å². The van der Waals surface area contributed by atoms with Crippen LogP contribution >= 0.6 is 11.6 Å². The van der Waals surface area contributed by atoms with Gasteiger partial charge in [0.25, 0.3) is 0 Å². The van der Waals surface area contributed by atoms with Crippen molar-refractivity contribution in [1.82, 2.24) is 0 Å². The van der Waals surface area contributed by atoms with Crippen molar-refractivity contribution < 1.29 is 14.3 Å². The first-order chi connectivity index (χ1) is 10.3. The Balaban J connectivity index is 2.75. The molecule has 0 amide bonds. The average molecular weight is 323 g/mol. The van der Waals surface area contributed by atoms with Gasteiger partial charge in [0.2, 0.25) is 0 Å². The molecule has 0 saturated heterocycles. The number of hydrogen-bond donors (Lipinski definition) is 0. The summed E-state index contributed by atoms with van der Waals surface area (Å²) in [5, 5.41) is 0.519. The molecular weight excluding hydrogens is 300 g/mol. The molecule has 120 valence electrons. The van der Waals surface area contributed by atoms with Crippen LogP contribution in [-0.2, 0) is 9.53 Å². The molecule has 0 atom stereocenters. The molecule has 1 rings (SSSR count). The maximum Gasteiger partial charge on any atom is 0.344 e. The van der Waals surface area contributed by atoms with E-state index < -0.39 is 11.6 Å². The van der Waals surface area contributed by atoms with E-state index in [-0.39, 0.29) is 6.61 Å². The molecule has 0 N–H and O–H groups in total. The molecule has 0 spiro atoms. The molecule has 22 heavy (non-hydrogen) atoms. The zero-order valence-electron chi connectivity index (χ0n) is 13.7. The van der Waals surface area contributed by atoms with E-state index >= 15 is 0 Å². The van der Waals surface area contributed by atoms with Crippen LogP contribution in [0.15, 0.2) is 18.2 Å². The van der Waals surface area contributed by atoms with Gasteiger partial charge in [0.15, 0.2) is 6.61 Å². The summed E-state index contributed by atoms with van der Waals surface area (Å²) in [5.41, 5.74) is 0.0845. The second-order valence-corrected chi connectivity index (χ2v) is 6.30. The van der Waals surface area contributed by atoms with Crippen molar-refractivity contribution in [2.75, 3.05) is 6.61 Å². The van der Waals surface area contributed by atoms with E-state index in [2.05, 4.69) is 18.8 Å². The first kappa shape index (κ1) is 18.4. The van der Waals surface area contributed by atoms with E-state index in [0.29, 0.717) is 16.3 Å². The van der Waals surface area contributed by atoms with Gasteiger partial charge in [-0.25, -0.2) is 4.79 Å². The van der Waals surface area contributed by atoms with Crippen LogP contribution in [0.4, 0.5) is 0 Å². The Kier molecular flexibility index (Phi) is 7.27. The van der Waals surface area contributed by atoms with Crippen LogP contribution in [-0.4, -0.2) is 18.2 Å². The van der Waals surface area contributed by atoms with Crippen molar-refractivity contribution >= 4 is 17.6 Å². The maximum atomic E-state index is 11.7. The normalized spacial score (nSPS) is 10.6. The predicted octanol–water partition coefficient (Wildman–Crippen LogP) is 4.60. The number of unbranched alkanes of at least 4 members (excludes halogenated alkanes) is 2. The molecular formula is C18H23ClO3. The molecule has 0 aliphatic carbocycles. The van der Waals surface area contributed by atoms with Gasteiger partial charge in [-0.3, -0.25) is 0 Å². The second-order valence-electron chi connectivity index (χ2n) is 5.89. The summed E-state index contributed by atoms with van der Waals surface area (Å²) < 4.78 is 10.7. The lowest BCUT2D eigenvalue weighted by Gasteiger charge is -2.19. The number of hydrogen-bond acceptors (Lipinski definition) is 3. The summed E-state index contributed by atoms with van der Waals surface area (Å²) in [4.78, 5) is 11.7. The summed E-state index contributed by atoms with van der Waals surface area (Å²) in [6.45, 7) is 7.40. The largest absolute Gasteiger partial charge is 0.481 e. The van der Waals surface area contributed by atoms with E-state index in [1.54, 1.807) is 18.2 Å². The average Bonchev–Trinajstić information content (AvgIpc) is 2.41. The van der Waals surface area contributed by atoms with E-state index in [4.69, 9.17) is 21.1 Å². The molecule has 4 heteroatoms. The van der Waals surface area contributed by atoms with E-state index in [1.807, 2.05) is 20.8 Å². The minimum atomic E-state index is -0.530. The number of esters is 1. The van der Waals surface area contributed by atoms with Crippen LogP contribution in [0, 0.1) is 11.8 Å². The Morgan fingerprint density at radius 1 is 1.32 bits per heavy atom. The molecule has 0 aromatic heterocycles. The second kappa shape index (κ2) is 8.70. The van der Waals surface area contributed by atoms with Gasteiger partial charge >= 0.3 is 5.97 Å². The third kappa shape index (κ3) is 6.87. The summed E-state index contributed by atoms with van der Waals surface area (Å²) in [5.74, 6) is 6.19. The SMILES string of the molecule is CCCCC#Cc1c(Cl)cccc1OCC(=O)OC(C)(C)C. The van der Waals surface area contributed by atoms with Crippen LogP contribution in [0.25, 0.3) is 0 Å². The van der Waals surface area contributed by atoms with Crippen molar-refractivity contribution in [3.05, 3.63) is 28.8 Å². The Hall–Kier alpha value is -1.66. The lowest BCUT2D eigenvalue weighted by Crippen LogP contribution is -2.27. The number of ether oxygens (including phenoxy) is 2. The third-order valence-corrected chi connectivity index (χ3v) is 2.92. The van der Waals surface area contributed by atoms with Gasteiger partial charge in [-0.1, -0.05) is 42.9 Å². The number of carbonyl (C=O) groups excluding carboxylic acids is 1. The molecule has 1 aromatic rings. The molecule has 0 fully saturated rings. The van der Waals surface area contributed by atoms with E-state index in [9.17, 15) is 4.79 Å². The topological polar surface area (TPSA) is 35.5 Å². The van der Waals surface area contributed by atoms with Gasteiger partial charge in [0.1, 0.15) is 11.4 Å². The highest BCUT2D eigenvalue weighted by Crippen LogP contribution is 2.25. The number of benzene rings is 1. The van der Waals surface area contributed by atoms with Crippen LogP contribution < -0.4 is 4.74 Å². The summed E-state index contributed by atoms with van der Waals surface area (Å²) in [7, 11) is 0. The highest BCUT2D eigenvalue weighted by molar-refractivity contribution is 6.32. The van der Waals surface area contributed by atoms with Gasteiger partial charge < -0.3 is 9.47 Å². The molecule has 0 aliphatic rings. The Morgan fingerprint density at radius 2 is 2.05 bits per heavy atom. The quantitative estimate of drug-likeness (QED) is 0.451. The minimum Gasteiger partial charge on any atom is -0.481 e. The fourth-order valence-corrected chi connectivity index (χ4v) is 1.88. The molecule has 0 bridgehead atoms. The van der Waals surface area contributed by atoms with Crippen LogP contribution in [0.2, 0.25) is 5.02 Å². The summed E-state index contributed by atoms with van der Waals surface area (Å²) in [6, 6.07) is 5.27. The first-order valence-electron chi connectivity index (χ1n) is 7.45. The van der Waals surface area contributed by atoms with Gasteiger partial charge in [-0.2, -0.15) is 0 Å². The standard InChI is InChI=1S/C18H23ClO3/c1-5-6-7-8-10-14-15(19)11-9-12-16(14)21-13-17(20)22-18(2,3)4/h9,11-12H,5-7,13H2,1-4H3. The molecule has 0 heterocycles. The third-order valence-electron chi connectivity index (χ3n) is 2.61. The fraction of sp³-hybridized carbons (Fsp3) is 0.500. The molecule has 3 nitrogen and oxygen atoms in total. The van der Waals surface area contributed by atoms with Gasteiger partial charge in [-0.15, -0.1) is 0 Å². The zero-order chi connectivity index (χ0) is 16.6.